The van der Waals surface area contributed by atoms with Crippen LogP contribution >= 0.6 is 0 Å². The molecule has 0 aliphatic carbocycles. The van der Waals surface area contributed by atoms with Gasteiger partial charge in [-0.3, -0.25) is 4.79 Å². The Labute approximate surface area is 70.2 Å². The number of amides is 1. The van der Waals surface area contributed by atoms with E-state index in [1.807, 2.05) is 0 Å². The van der Waals surface area contributed by atoms with Gasteiger partial charge in [-0.1, -0.05) is 34.1 Å². The van der Waals surface area contributed by atoms with Crippen molar-refractivity contribution in [1.82, 2.24) is 0 Å². The topological polar surface area (TPSA) is 43.1 Å². The largest absolute Gasteiger partial charge is 0.370 e. The molecule has 0 saturated carbocycles. The Morgan fingerprint density at radius 3 is 1.64 bits per heavy atom. The van der Waals surface area contributed by atoms with Gasteiger partial charge in [-0.25, -0.2) is 0 Å². The maximum absolute atomic E-state index is 9.22. The zero-order valence-electron chi connectivity index (χ0n) is 8.40. The molecule has 11 heavy (non-hydrogen) atoms. The minimum atomic E-state index is -0.333. The maximum atomic E-state index is 9.22. The van der Waals surface area contributed by atoms with Crippen molar-refractivity contribution in [3.8, 4) is 0 Å². The van der Waals surface area contributed by atoms with E-state index in [-0.39, 0.29) is 5.91 Å². The molecule has 0 aliphatic heterocycles. The van der Waals surface area contributed by atoms with Gasteiger partial charge in [-0.2, -0.15) is 0 Å². The van der Waals surface area contributed by atoms with Crippen LogP contribution in [0.4, 0.5) is 0 Å². The molecule has 0 fully saturated rings. The van der Waals surface area contributed by atoms with Gasteiger partial charge in [0.1, 0.15) is 0 Å². The zero-order chi connectivity index (χ0) is 9.49. The summed E-state index contributed by atoms with van der Waals surface area (Å²) in [6.07, 6.45) is 2.65. The van der Waals surface area contributed by atoms with Crippen LogP contribution in [-0.4, -0.2) is 5.91 Å². The first-order valence-electron chi connectivity index (χ1n) is 4.05. The molecule has 2 nitrogen and oxygen atoms in total. The molecule has 0 aromatic carbocycles. The Balaban J connectivity index is 0. The van der Waals surface area contributed by atoms with Crippen molar-refractivity contribution in [1.29, 1.82) is 0 Å². The highest BCUT2D eigenvalue weighted by Gasteiger charge is 2.06. The highest BCUT2D eigenvalue weighted by Crippen LogP contribution is 2.19. The van der Waals surface area contributed by atoms with Crippen molar-refractivity contribution in [2.75, 3.05) is 0 Å². The molecular formula is C9H21NO. The van der Waals surface area contributed by atoms with E-state index in [2.05, 4.69) is 33.4 Å². The quantitative estimate of drug-likeness (QED) is 0.627. The van der Waals surface area contributed by atoms with Gasteiger partial charge in [-0.15, -0.1) is 0 Å². The number of nitrogens with two attached hydrogens (primary N) is 1. The van der Waals surface area contributed by atoms with E-state index < -0.39 is 0 Å². The molecule has 0 aliphatic rings. The Morgan fingerprint density at radius 1 is 1.36 bits per heavy atom. The second-order valence-corrected chi connectivity index (χ2v) is 3.92. The predicted octanol–water partition coefficient (Wildman–Crippen LogP) is 2.32. The van der Waals surface area contributed by atoms with E-state index >= 15 is 0 Å². The minimum Gasteiger partial charge on any atom is -0.370 e. The van der Waals surface area contributed by atoms with Crippen molar-refractivity contribution in [3.63, 3.8) is 0 Å². The van der Waals surface area contributed by atoms with E-state index in [1.165, 1.54) is 19.8 Å². The highest BCUT2D eigenvalue weighted by atomic mass is 16.1. The molecule has 0 bridgehead atoms. The molecule has 0 heterocycles. The monoisotopic (exact) mass is 159 g/mol. The lowest BCUT2D eigenvalue weighted by Gasteiger charge is -2.15. The average molecular weight is 159 g/mol. The number of hydrogen-bond donors (Lipinski definition) is 1. The van der Waals surface area contributed by atoms with E-state index in [0.717, 1.165) is 0 Å². The lowest BCUT2D eigenvalue weighted by molar-refractivity contribution is -0.115. The van der Waals surface area contributed by atoms with Crippen LogP contribution in [0.3, 0.4) is 0 Å². The minimum absolute atomic E-state index is 0.333. The average Bonchev–Trinajstić information content (AvgIpc) is 1.58. The second-order valence-electron chi connectivity index (χ2n) is 3.92. The first kappa shape index (κ1) is 13.1. The Hall–Kier alpha value is -0.530. The van der Waals surface area contributed by atoms with Gasteiger partial charge in [0.15, 0.2) is 0 Å². The zero-order valence-corrected chi connectivity index (χ0v) is 8.40. The van der Waals surface area contributed by atoms with E-state index in [0.29, 0.717) is 5.41 Å². The van der Waals surface area contributed by atoms with Gasteiger partial charge in [0, 0.05) is 6.92 Å². The van der Waals surface area contributed by atoms with E-state index in [9.17, 15) is 4.79 Å². The summed E-state index contributed by atoms with van der Waals surface area (Å²) in [5.41, 5.74) is 5.02. The lowest BCUT2D eigenvalue weighted by atomic mass is 9.91. The van der Waals surface area contributed by atoms with Crippen LogP contribution in [0.25, 0.3) is 0 Å². The number of carbonyl (C=O) groups is 1. The van der Waals surface area contributed by atoms with Crippen molar-refractivity contribution >= 4 is 5.91 Å². The molecule has 0 aromatic heterocycles. The molecule has 68 valence electrons. The van der Waals surface area contributed by atoms with Crippen molar-refractivity contribution in [2.24, 2.45) is 11.1 Å². The number of hydrogen-bond acceptors (Lipinski definition) is 1. The Morgan fingerprint density at radius 2 is 1.64 bits per heavy atom. The van der Waals surface area contributed by atoms with Crippen molar-refractivity contribution in [2.45, 2.75) is 47.5 Å². The summed E-state index contributed by atoms with van der Waals surface area (Å²) in [5.74, 6) is -0.333. The van der Waals surface area contributed by atoms with Crippen LogP contribution in [0, 0.1) is 5.41 Å². The number of carbonyl (C=O) groups excluding carboxylic acids is 1. The molecule has 0 atom stereocenters. The molecule has 1 amide bonds. The summed E-state index contributed by atoms with van der Waals surface area (Å²) in [5, 5.41) is 0. The molecule has 2 heteroatoms. The van der Waals surface area contributed by atoms with Crippen LogP contribution in [0.1, 0.15) is 47.5 Å². The van der Waals surface area contributed by atoms with Crippen LogP contribution in [0.2, 0.25) is 0 Å². The summed E-state index contributed by atoms with van der Waals surface area (Å²) in [7, 11) is 0. The van der Waals surface area contributed by atoms with Crippen molar-refractivity contribution < 1.29 is 4.79 Å². The van der Waals surface area contributed by atoms with Gasteiger partial charge in [0.2, 0.25) is 5.91 Å². The first-order chi connectivity index (χ1) is 4.79. The summed E-state index contributed by atoms with van der Waals surface area (Å²) in [6, 6.07) is 0. The van der Waals surface area contributed by atoms with Crippen molar-refractivity contribution in [3.05, 3.63) is 0 Å². The summed E-state index contributed by atoms with van der Waals surface area (Å²) in [6.45, 7) is 10.4. The van der Waals surface area contributed by atoms with Crippen LogP contribution in [0.15, 0.2) is 0 Å². The second kappa shape index (κ2) is 6.20. The molecule has 2 N–H and O–H groups in total. The number of primary amides is 1. The summed E-state index contributed by atoms with van der Waals surface area (Å²) < 4.78 is 0. The smallest absolute Gasteiger partial charge is 0.214 e. The summed E-state index contributed by atoms with van der Waals surface area (Å²) >= 11 is 0. The normalized spacial score (nSPS) is 9.91. The first-order valence-corrected chi connectivity index (χ1v) is 4.05. The number of rotatable bonds is 1. The standard InChI is InChI=1S/C7H16.C2H5NO/c1-5-6-7(2,3)4;1-2(3)4/h5-6H2,1-4H3;1H3,(H2,3,4). The molecular weight excluding hydrogens is 138 g/mol. The van der Waals surface area contributed by atoms with Gasteiger partial charge in [-0.05, 0) is 11.8 Å². The van der Waals surface area contributed by atoms with Crippen LogP contribution in [-0.2, 0) is 4.79 Å². The fourth-order valence-electron chi connectivity index (χ4n) is 0.750. The van der Waals surface area contributed by atoms with Gasteiger partial charge in [0.25, 0.3) is 0 Å². The van der Waals surface area contributed by atoms with Crippen LogP contribution in [0.5, 0.6) is 0 Å². The molecule has 0 unspecified atom stereocenters. The highest BCUT2D eigenvalue weighted by molar-refractivity contribution is 5.70. The van der Waals surface area contributed by atoms with Crippen LogP contribution < -0.4 is 5.73 Å². The Bertz CT molecular complexity index is 98.6. The molecule has 0 spiro atoms. The molecule has 0 radical (unpaired) electrons. The third kappa shape index (κ3) is 43.9. The fourth-order valence-corrected chi connectivity index (χ4v) is 0.750. The lowest BCUT2D eigenvalue weighted by Crippen LogP contribution is -2.02. The third-order valence-corrected chi connectivity index (χ3v) is 1.000. The molecule has 0 rings (SSSR count). The van der Waals surface area contributed by atoms with Gasteiger partial charge >= 0.3 is 0 Å². The summed E-state index contributed by atoms with van der Waals surface area (Å²) in [4.78, 5) is 9.22. The molecule has 0 saturated heterocycles. The Kier molecular flexibility index (Phi) is 7.37. The molecule has 0 aromatic rings. The predicted molar refractivity (Wildman–Crippen MR) is 49.2 cm³/mol. The van der Waals surface area contributed by atoms with E-state index in [1.54, 1.807) is 0 Å². The SMILES string of the molecule is CC(N)=O.CCCC(C)(C)C. The fraction of sp³-hybridized carbons (Fsp3) is 0.889. The van der Waals surface area contributed by atoms with E-state index in [4.69, 9.17) is 0 Å². The van der Waals surface area contributed by atoms with Gasteiger partial charge < -0.3 is 5.73 Å². The maximum Gasteiger partial charge on any atom is 0.214 e. The third-order valence-electron chi connectivity index (χ3n) is 1.000. The van der Waals surface area contributed by atoms with Gasteiger partial charge in [0.05, 0.1) is 0 Å².